The molecular weight excluding hydrogens is 1030 g/mol. The summed E-state index contributed by atoms with van der Waals surface area (Å²) in [5.41, 5.74) is 6.89. The number of fused-ring (bicyclic) bond motifs is 2. The molecule has 6 aromatic carbocycles. The molecular formula is C64H66F4N2O10. The average molecular weight is 1100 g/mol. The normalized spacial score (nSPS) is 16.2. The number of likely N-dealkylation sites (tertiary alicyclic amines) is 2. The number of halogens is 4. The van der Waals surface area contributed by atoms with Crippen molar-refractivity contribution in [1.82, 2.24) is 9.80 Å². The number of carbonyl (C=O) groups excluding carboxylic acids is 4. The van der Waals surface area contributed by atoms with Crippen molar-refractivity contribution in [3.05, 3.63) is 190 Å². The zero-order chi connectivity index (χ0) is 55.8. The van der Waals surface area contributed by atoms with E-state index in [-0.39, 0.29) is 98.0 Å². The van der Waals surface area contributed by atoms with Gasteiger partial charge in [-0.05, 0) is 145 Å². The molecule has 0 N–H and O–H groups in total. The van der Waals surface area contributed by atoms with E-state index in [0.717, 1.165) is 59.1 Å². The van der Waals surface area contributed by atoms with Crippen molar-refractivity contribution >= 4 is 23.4 Å². The first-order valence-electron chi connectivity index (χ1n) is 27.4. The van der Waals surface area contributed by atoms with Crippen LogP contribution in [0.15, 0.2) is 133 Å². The minimum atomic E-state index is -0.516. The van der Waals surface area contributed by atoms with E-state index in [4.69, 9.17) is 28.4 Å². The second-order valence-electron chi connectivity index (χ2n) is 20.4. The molecule has 2 amide bonds. The van der Waals surface area contributed by atoms with Gasteiger partial charge in [0, 0.05) is 73.1 Å². The predicted molar refractivity (Wildman–Crippen MR) is 292 cm³/mol. The first-order chi connectivity index (χ1) is 39.0. The van der Waals surface area contributed by atoms with E-state index in [1.165, 1.54) is 24.3 Å². The van der Waals surface area contributed by atoms with E-state index in [1.807, 2.05) is 82.6 Å². The van der Waals surface area contributed by atoms with Crippen LogP contribution < -0.4 is 18.9 Å². The largest absolute Gasteiger partial charge is 0.491 e. The van der Waals surface area contributed by atoms with Gasteiger partial charge in [0.15, 0.2) is 11.6 Å². The highest BCUT2D eigenvalue weighted by Crippen LogP contribution is 2.41. The highest BCUT2D eigenvalue weighted by atomic mass is 19.1. The number of ether oxygens (including phenoxy) is 6. The quantitative estimate of drug-likeness (QED) is 0.0538. The molecule has 2 atom stereocenters. The molecule has 0 aliphatic carbocycles. The molecule has 0 radical (unpaired) electrons. The van der Waals surface area contributed by atoms with E-state index in [0.29, 0.717) is 86.7 Å². The van der Waals surface area contributed by atoms with E-state index < -0.39 is 13.3 Å². The number of alkyl halides is 2. The van der Waals surface area contributed by atoms with Gasteiger partial charge >= 0.3 is 0 Å². The molecule has 4 heterocycles. The maximum atomic E-state index is 13.8. The molecule has 0 saturated carbocycles. The van der Waals surface area contributed by atoms with Crippen LogP contribution in [-0.2, 0) is 31.9 Å². The number of amides is 2. The highest BCUT2D eigenvalue weighted by molar-refractivity contribution is 5.96. The van der Waals surface area contributed by atoms with Gasteiger partial charge in [-0.15, -0.1) is 0 Å². The lowest BCUT2D eigenvalue weighted by Crippen LogP contribution is -2.40. The Hall–Kier alpha value is -7.56. The van der Waals surface area contributed by atoms with Crippen molar-refractivity contribution < 1.29 is 65.2 Å². The van der Waals surface area contributed by atoms with Gasteiger partial charge < -0.3 is 38.2 Å². The molecule has 420 valence electrons. The maximum Gasteiger partial charge on any atom is 0.253 e. The first kappa shape index (κ1) is 57.1. The lowest BCUT2D eigenvalue weighted by molar-refractivity contribution is -0.122. The van der Waals surface area contributed by atoms with Gasteiger partial charge in [0.1, 0.15) is 74.4 Å². The molecule has 6 aromatic rings. The van der Waals surface area contributed by atoms with Crippen LogP contribution in [0.5, 0.6) is 23.0 Å². The predicted octanol–water partition coefficient (Wildman–Crippen LogP) is 10.8. The Kier molecular flexibility index (Phi) is 20.0. The van der Waals surface area contributed by atoms with Crippen LogP contribution in [0.4, 0.5) is 17.6 Å². The van der Waals surface area contributed by atoms with Gasteiger partial charge in [-0.3, -0.25) is 19.2 Å². The van der Waals surface area contributed by atoms with Gasteiger partial charge in [0.25, 0.3) is 11.8 Å². The average Bonchev–Trinajstić information content (AvgIpc) is 3.51. The second kappa shape index (κ2) is 28.0. The van der Waals surface area contributed by atoms with Crippen LogP contribution in [0.25, 0.3) is 0 Å². The number of ketones is 2. The number of nitrogens with zero attached hydrogens (tertiary/aromatic N) is 2. The zero-order valence-electron chi connectivity index (χ0n) is 44.6. The van der Waals surface area contributed by atoms with E-state index in [9.17, 15) is 36.7 Å². The number of Topliss-reactive ketones (excluding diaryl/α,β-unsaturated/α-hetero) is 2. The Bertz CT molecular complexity index is 2810. The Balaban J connectivity index is 0.000000194. The van der Waals surface area contributed by atoms with Gasteiger partial charge in [-0.25, -0.2) is 17.6 Å². The molecule has 10 rings (SSSR count). The fourth-order valence-electron chi connectivity index (χ4n) is 11.2. The minimum Gasteiger partial charge on any atom is -0.491 e. The summed E-state index contributed by atoms with van der Waals surface area (Å²) in [6.45, 7) is 2.98. The number of rotatable bonds is 20. The number of piperidine rings is 2. The topological polar surface area (TPSA) is 130 Å². The molecule has 16 heteroatoms. The van der Waals surface area contributed by atoms with Crippen molar-refractivity contribution in [2.75, 3.05) is 92.4 Å². The molecule has 80 heavy (non-hydrogen) atoms. The van der Waals surface area contributed by atoms with Gasteiger partial charge in [-0.1, -0.05) is 48.5 Å². The summed E-state index contributed by atoms with van der Waals surface area (Å²) in [6, 6.07) is 39.7. The molecule has 0 bridgehead atoms. The molecule has 2 fully saturated rings. The van der Waals surface area contributed by atoms with E-state index in [1.54, 1.807) is 36.4 Å². The second-order valence-corrected chi connectivity index (χ2v) is 20.4. The number of hydrogen-bond donors (Lipinski definition) is 0. The van der Waals surface area contributed by atoms with Crippen molar-refractivity contribution in [2.45, 2.75) is 50.4 Å². The summed E-state index contributed by atoms with van der Waals surface area (Å²) in [5, 5.41) is 0. The van der Waals surface area contributed by atoms with Crippen LogP contribution in [0.3, 0.4) is 0 Å². The lowest BCUT2D eigenvalue weighted by atomic mass is 9.76. The Labute approximate surface area is 463 Å². The molecule has 4 aliphatic rings. The lowest BCUT2D eigenvalue weighted by Gasteiger charge is -2.37. The van der Waals surface area contributed by atoms with Crippen LogP contribution in [0.1, 0.15) is 91.6 Å². The summed E-state index contributed by atoms with van der Waals surface area (Å²) in [4.78, 5) is 54.0. The molecule has 12 nitrogen and oxygen atoms in total. The summed E-state index contributed by atoms with van der Waals surface area (Å²) in [5.74, 6) is 2.66. The molecule has 2 saturated heterocycles. The fraction of sp³-hybridized carbons (Fsp3) is 0.375. The molecule has 0 aromatic heterocycles. The minimum absolute atomic E-state index is 0.00643. The Morgan fingerprint density at radius 2 is 0.825 bits per heavy atom. The van der Waals surface area contributed by atoms with Gasteiger partial charge in [0.05, 0.1) is 26.4 Å². The summed E-state index contributed by atoms with van der Waals surface area (Å²) < 4.78 is 84.4. The molecule has 0 spiro atoms. The summed E-state index contributed by atoms with van der Waals surface area (Å²) in [6.07, 6.45) is 3.76. The molecule has 4 aliphatic heterocycles. The molecule has 0 unspecified atom stereocenters. The summed E-state index contributed by atoms with van der Waals surface area (Å²) in [7, 11) is 0. The monoisotopic (exact) mass is 1100 g/mol. The summed E-state index contributed by atoms with van der Waals surface area (Å²) >= 11 is 0. The van der Waals surface area contributed by atoms with Gasteiger partial charge in [0.2, 0.25) is 0 Å². The van der Waals surface area contributed by atoms with Crippen molar-refractivity contribution in [1.29, 1.82) is 0 Å². The number of benzene rings is 6. The van der Waals surface area contributed by atoms with Gasteiger partial charge in [-0.2, -0.15) is 0 Å². The smallest absolute Gasteiger partial charge is 0.253 e. The third-order valence-corrected chi connectivity index (χ3v) is 15.1. The fourth-order valence-corrected chi connectivity index (χ4v) is 11.2. The third kappa shape index (κ3) is 15.0. The maximum absolute atomic E-state index is 13.8. The highest BCUT2D eigenvalue weighted by Gasteiger charge is 2.34. The van der Waals surface area contributed by atoms with Crippen molar-refractivity contribution in [3.8, 4) is 23.0 Å². The van der Waals surface area contributed by atoms with Crippen molar-refractivity contribution in [3.63, 3.8) is 0 Å². The van der Waals surface area contributed by atoms with Crippen LogP contribution in [0.2, 0.25) is 0 Å². The van der Waals surface area contributed by atoms with Crippen LogP contribution in [-0.4, -0.2) is 126 Å². The SMILES string of the molecule is O=C1COc2ccc(C(=O)N3CCC([C@@H](c4ccc(F)cc4)c4ccc(OCCOCCF)cc4)CC3)cc2C1.O=C1COc2ccc(C(=O)N3CCC([C@H](c4ccc(F)cc4)c4ccc(OCCOCCF)cc4)CC3)cc2C1. The van der Waals surface area contributed by atoms with Crippen LogP contribution >= 0.6 is 0 Å². The zero-order valence-corrected chi connectivity index (χ0v) is 44.6. The Morgan fingerprint density at radius 3 is 1.18 bits per heavy atom. The number of carbonyl (C=O) groups is 4. The van der Waals surface area contributed by atoms with Crippen LogP contribution in [0, 0.1) is 23.5 Å². The first-order valence-corrected chi connectivity index (χ1v) is 27.4. The van der Waals surface area contributed by atoms with Crippen molar-refractivity contribution in [2.24, 2.45) is 11.8 Å². The third-order valence-electron chi connectivity index (χ3n) is 15.1. The number of hydrogen-bond acceptors (Lipinski definition) is 10. The van der Waals surface area contributed by atoms with E-state index >= 15 is 0 Å². The Morgan fingerprint density at radius 1 is 0.475 bits per heavy atom. The van der Waals surface area contributed by atoms with E-state index in [2.05, 4.69) is 0 Å². The standard InChI is InChI=1S/2C32H33F2NO5/c2*33-13-16-38-17-18-39-29-8-3-23(4-9-29)31(22-1-6-27(34)7-2-22)24-11-14-35(15-12-24)32(37)25-5-10-30-26(19-25)20-28(36)21-40-30/h2*1-10,19,24,31H,11-18,20-21H2/t2*31-/m10/s1.